The molecule has 1 amide bonds. The molecule has 0 spiro atoms. The zero-order valence-electron chi connectivity index (χ0n) is 11.6. The Kier molecular flexibility index (Phi) is 4.37. The Morgan fingerprint density at radius 1 is 1.29 bits per heavy atom. The summed E-state index contributed by atoms with van der Waals surface area (Å²) in [5.41, 5.74) is -0.0706. The number of carboxylic acids is 1. The Balaban J connectivity index is 2.42. The van der Waals surface area contributed by atoms with Crippen molar-refractivity contribution >= 4 is 22.8 Å². The van der Waals surface area contributed by atoms with Crippen molar-refractivity contribution in [2.45, 2.75) is 19.4 Å². The highest BCUT2D eigenvalue weighted by Gasteiger charge is 2.14. The number of pyridine rings is 1. The largest absolute Gasteiger partial charge is 0.477 e. The summed E-state index contributed by atoms with van der Waals surface area (Å²) >= 11 is 0. The average molecular weight is 288 g/mol. The molecule has 0 unspecified atom stereocenters. The number of para-hydroxylation sites is 1. The van der Waals surface area contributed by atoms with Gasteiger partial charge in [0.25, 0.3) is 0 Å². The third-order valence-corrected chi connectivity index (χ3v) is 3.30. The third kappa shape index (κ3) is 3.10. The van der Waals surface area contributed by atoms with Crippen LogP contribution in [0, 0.1) is 0 Å². The van der Waals surface area contributed by atoms with Crippen LogP contribution in [-0.2, 0) is 11.3 Å². The van der Waals surface area contributed by atoms with Gasteiger partial charge >= 0.3 is 5.97 Å². The lowest BCUT2D eigenvalue weighted by molar-refractivity contribution is -0.120. The highest BCUT2D eigenvalue weighted by Crippen LogP contribution is 2.13. The zero-order valence-corrected chi connectivity index (χ0v) is 11.6. The number of nitrogens with zero attached hydrogens (tertiary/aromatic N) is 1. The van der Waals surface area contributed by atoms with Gasteiger partial charge in [-0.25, -0.2) is 4.79 Å². The molecule has 2 rings (SSSR count). The Bertz CT molecular complexity index is 749. The molecule has 0 aliphatic heterocycles. The van der Waals surface area contributed by atoms with Crippen molar-refractivity contribution < 1.29 is 14.7 Å². The van der Waals surface area contributed by atoms with Crippen molar-refractivity contribution in [3.8, 4) is 0 Å². The van der Waals surface area contributed by atoms with Crippen LogP contribution in [0.2, 0.25) is 0 Å². The second kappa shape index (κ2) is 6.21. The molecule has 6 heteroatoms. The van der Waals surface area contributed by atoms with Crippen LogP contribution in [0.25, 0.3) is 10.9 Å². The van der Waals surface area contributed by atoms with Crippen molar-refractivity contribution in [2.24, 2.45) is 0 Å². The molecular formula is C15H16N2O4. The molecular weight excluding hydrogens is 272 g/mol. The number of rotatable bonds is 5. The summed E-state index contributed by atoms with van der Waals surface area (Å²) in [6.07, 6.45) is 2.25. The van der Waals surface area contributed by atoms with Crippen molar-refractivity contribution in [2.75, 3.05) is 7.05 Å². The summed E-state index contributed by atoms with van der Waals surface area (Å²) < 4.78 is 1.71. The fourth-order valence-electron chi connectivity index (χ4n) is 2.22. The molecule has 0 atom stereocenters. The molecule has 0 aliphatic carbocycles. The van der Waals surface area contributed by atoms with Crippen LogP contribution < -0.4 is 10.7 Å². The van der Waals surface area contributed by atoms with Crippen molar-refractivity contribution in [3.63, 3.8) is 0 Å². The Morgan fingerprint density at radius 3 is 2.67 bits per heavy atom. The summed E-state index contributed by atoms with van der Waals surface area (Å²) in [5, 5.41) is 12.0. The van der Waals surface area contributed by atoms with Gasteiger partial charge < -0.3 is 15.0 Å². The topological polar surface area (TPSA) is 88.4 Å². The number of aromatic carboxylic acids is 1. The van der Waals surface area contributed by atoms with E-state index in [-0.39, 0.29) is 11.5 Å². The molecule has 21 heavy (non-hydrogen) atoms. The van der Waals surface area contributed by atoms with Crippen LogP contribution in [0.4, 0.5) is 0 Å². The van der Waals surface area contributed by atoms with Crippen LogP contribution in [0.3, 0.4) is 0 Å². The predicted octanol–water partition coefficient (Wildman–Crippen LogP) is 1.23. The maximum absolute atomic E-state index is 12.1. The van der Waals surface area contributed by atoms with Crippen molar-refractivity contribution in [1.82, 2.24) is 9.88 Å². The number of benzene rings is 1. The smallest absolute Gasteiger partial charge is 0.341 e. The van der Waals surface area contributed by atoms with E-state index in [1.165, 1.54) is 6.20 Å². The SMILES string of the molecule is CNC(=O)CCCn1cc(C(=O)O)c(=O)c2ccccc21. The van der Waals surface area contributed by atoms with Gasteiger partial charge in [0.1, 0.15) is 5.56 Å². The molecule has 1 heterocycles. The first-order chi connectivity index (χ1) is 10.0. The van der Waals surface area contributed by atoms with Gasteiger partial charge in [0.15, 0.2) is 0 Å². The fourth-order valence-corrected chi connectivity index (χ4v) is 2.22. The lowest BCUT2D eigenvalue weighted by Crippen LogP contribution is -2.20. The first-order valence-corrected chi connectivity index (χ1v) is 6.60. The van der Waals surface area contributed by atoms with Crippen LogP contribution in [0.15, 0.2) is 35.3 Å². The molecule has 2 aromatic rings. The van der Waals surface area contributed by atoms with E-state index in [9.17, 15) is 14.4 Å². The number of fused-ring (bicyclic) bond motifs is 1. The third-order valence-electron chi connectivity index (χ3n) is 3.30. The number of hydrogen-bond donors (Lipinski definition) is 2. The zero-order chi connectivity index (χ0) is 15.4. The number of amides is 1. The summed E-state index contributed by atoms with van der Waals surface area (Å²) in [7, 11) is 1.57. The molecule has 1 aromatic carbocycles. The van der Waals surface area contributed by atoms with Gasteiger partial charge in [-0.3, -0.25) is 9.59 Å². The highest BCUT2D eigenvalue weighted by atomic mass is 16.4. The van der Waals surface area contributed by atoms with Gasteiger partial charge in [0, 0.05) is 31.6 Å². The monoisotopic (exact) mass is 288 g/mol. The number of hydrogen-bond acceptors (Lipinski definition) is 3. The summed E-state index contributed by atoms with van der Waals surface area (Å²) in [6, 6.07) is 6.86. The van der Waals surface area contributed by atoms with Crippen LogP contribution in [0.5, 0.6) is 0 Å². The molecule has 0 radical (unpaired) electrons. The van der Waals surface area contributed by atoms with Gasteiger partial charge in [0.2, 0.25) is 11.3 Å². The maximum Gasteiger partial charge on any atom is 0.341 e. The average Bonchev–Trinajstić information content (AvgIpc) is 2.49. The van der Waals surface area contributed by atoms with E-state index >= 15 is 0 Å². The van der Waals surface area contributed by atoms with Gasteiger partial charge in [0.05, 0.1) is 5.52 Å². The van der Waals surface area contributed by atoms with E-state index in [2.05, 4.69) is 5.32 Å². The number of aryl methyl sites for hydroxylation is 1. The first kappa shape index (κ1) is 14.8. The standard InChI is InChI=1S/C15H16N2O4/c1-16-13(18)7-4-8-17-9-11(15(20)21)14(19)10-5-2-3-6-12(10)17/h2-3,5-6,9H,4,7-8H2,1H3,(H,16,18)(H,20,21). The second-order valence-electron chi connectivity index (χ2n) is 4.66. The number of carboxylic acid groups (broad SMARTS) is 1. The summed E-state index contributed by atoms with van der Waals surface area (Å²) in [4.78, 5) is 34.5. The minimum atomic E-state index is -1.24. The van der Waals surface area contributed by atoms with E-state index in [0.29, 0.717) is 30.3 Å². The molecule has 0 aliphatic rings. The molecule has 0 fully saturated rings. The molecule has 110 valence electrons. The Morgan fingerprint density at radius 2 is 2.00 bits per heavy atom. The number of carbonyl (C=O) groups excluding carboxylic acids is 1. The summed E-state index contributed by atoms with van der Waals surface area (Å²) in [6.45, 7) is 0.467. The number of carbonyl (C=O) groups is 2. The number of nitrogens with one attached hydrogen (secondary N) is 1. The Hall–Kier alpha value is -2.63. The van der Waals surface area contributed by atoms with Gasteiger partial charge in [-0.2, -0.15) is 0 Å². The molecule has 6 nitrogen and oxygen atoms in total. The van der Waals surface area contributed by atoms with Gasteiger partial charge in [-0.15, -0.1) is 0 Å². The maximum atomic E-state index is 12.1. The second-order valence-corrected chi connectivity index (χ2v) is 4.66. The number of aromatic nitrogens is 1. The van der Waals surface area contributed by atoms with Gasteiger partial charge in [-0.05, 0) is 18.6 Å². The Labute approximate surface area is 121 Å². The molecule has 0 saturated carbocycles. The van der Waals surface area contributed by atoms with E-state index in [0.717, 1.165) is 0 Å². The molecule has 1 aromatic heterocycles. The normalized spacial score (nSPS) is 10.5. The predicted molar refractivity (Wildman–Crippen MR) is 78.5 cm³/mol. The highest BCUT2D eigenvalue weighted by molar-refractivity contribution is 5.92. The van der Waals surface area contributed by atoms with Crippen LogP contribution >= 0.6 is 0 Å². The van der Waals surface area contributed by atoms with Crippen LogP contribution in [0.1, 0.15) is 23.2 Å². The molecule has 0 saturated heterocycles. The van der Waals surface area contributed by atoms with E-state index in [1.807, 2.05) is 0 Å². The van der Waals surface area contributed by atoms with E-state index in [4.69, 9.17) is 5.11 Å². The van der Waals surface area contributed by atoms with Gasteiger partial charge in [-0.1, -0.05) is 12.1 Å². The minimum Gasteiger partial charge on any atom is -0.477 e. The van der Waals surface area contributed by atoms with E-state index < -0.39 is 11.4 Å². The minimum absolute atomic E-state index is 0.0705. The first-order valence-electron chi connectivity index (χ1n) is 6.60. The quantitative estimate of drug-likeness (QED) is 0.866. The van der Waals surface area contributed by atoms with E-state index in [1.54, 1.807) is 35.9 Å². The molecule has 0 bridgehead atoms. The van der Waals surface area contributed by atoms with Crippen molar-refractivity contribution in [1.29, 1.82) is 0 Å². The van der Waals surface area contributed by atoms with Crippen molar-refractivity contribution in [3.05, 3.63) is 46.2 Å². The van der Waals surface area contributed by atoms with Crippen LogP contribution in [-0.4, -0.2) is 28.6 Å². The fraction of sp³-hybridized carbons (Fsp3) is 0.267. The summed E-state index contributed by atoms with van der Waals surface area (Å²) in [5.74, 6) is -1.32. The lowest BCUT2D eigenvalue weighted by atomic mass is 10.1. The lowest BCUT2D eigenvalue weighted by Gasteiger charge is -2.12. The molecule has 2 N–H and O–H groups in total.